The van der Waals surface area contributed by atoms with Crippen molar-refractivity contribution in [1.82, 2.24) is 10.6 Å². The third kappa shape index (κ3) is 4.24. The number of carbonyl (C=O) groups excluding carboxylic acids is 2. The molecule has 3 atom stereocenters. The van der Waals surface area contributed by atoms with Gasteiger partial charge in [-0.1, -0.05) is 24.9 Å². The van der Waals surface area contributed by atoms with Gasteiger partial charge in [-0.05, 0) is 44.0 Å². The minimum atomic E-state index is -0.651. The van der Waals surface area contributed by atoms with E-state index in [0.717, 1.165) is 19.3 Å². The average molecular weight is 339 g/mol. The molecule has 0 aromatic heterocycles. The Morgan fingerprint density at radius 2 is 2.04 bits per heavy atom. The Hall–Kier alpha value is -1.59. The zero-order valence-corrected chi connectivity index (χ0v) is 14.2. The molecule has 6 heteroatoms. The van der Waals surface area contributed by atoms with Crippen molar-refractivity contribution in [3.63, 3.8) is 0 Å². The lowest BCUT2D eigenvalue weighted by Gasteiger charge is -2.31. The number of halogens is 1. The van der Waals surface area contributed by atoms with Crippen LogP contribution in [-0.4, -0.2) is 35.6 Å². The van der Waals surface area contributed by atoms with Gasteiger partial charge in [-0.25, -0.2) is 0 Å². The summed E-state index contributed by atoms with van der Waals surface area (Å²) in [6.45, 7) is 3.67. The first-order valence-electron chi connectivity index (χ1n) is 7.83. The Morgan fingerprint density at radius 1 is 1.39 bits per heavy atom. The molecule has 2 amide bonds. The number of nitrogens with one attached hydrogen (secondary N) is 2. The molecule has 0 aliphatic heterocycles. The topological polar surface area (TPSA) is 78.4 Å². The van der Waals surface area contributed by atoms with Gasteiger partial charge in [0.25, 0.3) is 5.91 Å². The van der Waals surface area contributed by atoms with Crippen LogP contribution in [0, 0.1) is 5.41 Å². The molecule has 3 unspecified atom stereocenters. The number of hydrogen-bond donors (Lipinski definition) is 3. The van der Waals surface area contributed by atoms with Crippen LogP contribution in [0.25, 0.3) is 0 Å². The van der Waals surface area contributed by atoms with Crippen molar-refractivity contribution in [1.29, 1.82) is 0 Å². The average Bonchev–Trinajstić information content (AvgIpc) is 2.89. The second-order valence-electron chi connectivity index (χ2n) is 6.47. The van der Waals surface area contributed by atoms with Gasteiger partial charge >= 0.3 is 0 Å². The van der Waals surface area contributed by atoms with Crippen molar-refractivity contribution in [3.05, 3.63) is 34.9 Å². The largest absolute Gasteiger partial charge is 0.396 e. The second kappa shape index (κ2) is 7.32. The predicted molar refractivity (Wildman–Crippen MR) is 89.4 cm³/mol. The summed E-state index contributed by atoms with van der Waals surface area (Å²) in [7, 11) is 0. The van der Waals surface area contributed by atoms with E-state index in [1.165, 1.54) is 0 Å². The van der Waals surface area contributed by atoms with Gasteiger partial charge < -0.3 is 15.7 Å². The molecule has 1 aromatic rings. The van der Waals surface area contributed by atoms with Crippen molar-refractivity contribution in [2.45, 2.75) is 45.2 Å². The molecule has 0 heterocycles. The van der Waals surface area contributed by atoms with E-state index >= 15 is 0 Å². The van der Waals surface area contributed by atoms with Gasteiger partial charge in [0, 0.05) is 22.0 Å². The highest BCUT2D eigenvalue weighted by atomic mass is 35.5. The lowest BCUT2D eigenvalue weighted by molar-refractivity contribution is -0.124. The molecule has 0 radical (unpaired) electrons. The first-order chi connectivity index (χ1) is 10.9. The number of amides is 2. The van der Waals surface area contributed by atoms with E-state index in [-0.39, 0.29) is 29.9 Å². The summed E-state index contributed by atoms with van der Waals surface area (Å²) in [5, 5.41) is 15.7. The highest BCUT2D eigenvalue weighted by molar-refractivity contribution is 6.30. The molecule has 1 aliphatic carbocycles. The van der Waals surface area contributed by atoms with E-state index in [4.69, 9.17) is 11.6 Å². The molecule has 126 valence electrons. The Balaban J connectivity index is 1.92. The minimum Gasteiger partial charge on any atom is -0.396 e. The Bertz CT molecular complexity index is 576. The zero-order valence-electron chi connectivity index (χ0n) is 13.4. The number of rotatable bonds is 5. The highest BCUT2D eigenvalue weighted by Gasteiger charge is 2.39. The maximum atomic E-state index is 12.3. The number of benzene rings is 1. The van der Waals surface area contributed by atoms with Crippen molar-refractivity contribution in [3.8, 4) is 0 Å². The summed E-state index contributed by atoms with van der Waals surface area (Å²) in [5.41, 5.74) is 0.172. The summed E-state index contributed by atoms with van der Waals surface area (Å²) < 4.78 is 0. The molecule has 0 spiro atoms. The molecule has 1 aliphatic rings. The first-order valence-corrected chi connectivity index (χ1v) is 8.21. The van der Waals surface area contributed by atoms with Gasteiger partial charge in [0.2, 0.25) is 5.91 Å². The van der Waals surface area contributed by atoms with Crippen LogP contribution in [0.15, 0.2) is 24.3 Å². The monoisotopic (exact) mass is 338 g/mol. The maximum Gasteiger partial charge on any atom is 0.251 e. The van der Waals surface area contributed by atoms with Crippen LogP contribution in [-0.2, 0) is 4.79 Å². The lowest BCUT2D eigenvalue weighted by Crippen LogP contribution is -2.51. The smallest absolute Gasteiger partial charge is 0.251 e. The van der Waals surface area contributed by atoms with Gasteiger partial charge in [0.15, 0.2) is 0 Å². The van der Waals surface area contributed by atoms with Crippen molar-refractivity contribution < 1.29 is 14.7 Å². The van der Waals surface area contributed by atoms with Gasteiger partial charge in [0.1, 0.15) is 6.04 Å². The quantitative estimate of drug-likeness (QED) is 0.769. The number of hydrogen-bond acceptors (Lipinski definition) is 3. The SMILES string of the molecule is CC(NC(=O)c1ccc(Cl)cc1)C(=O)NC1CCCC1(C)CO. The fraction of sp³-hybridized carbons (Fsp3) is 0.529. The fourth-order valence-corrected chi connectivity index (χ4v) is 3.04. The summed E-state index contributed by atoms with van der Waals surface area (Å²) >= 11 is 5.79. The van der Waals surface area contributed by atoms with E-state index in [9.17, 15) is 14.7 Å². The van der Waals surface area contributed by atoms with Gasteiger partial charge in [-0.15, -0.1) is 0 Å². The maximum absolute atomic E-state index is 12.3. The van der Waals surface area contributed by atoms with Gasteiger partial charge in [0.05, 0.1) is 6.61 Å². The molecule has 0 bridgehead atoms. The Labute approximate surface area is 141 Å². The normalized spacial score (nSPS) is 25.0. The van der Waals surface area contributed by atoms with Gasteiger partial charge in [-0.3, -0.25) is 9.59 Å². The molecule has 1 saturated carbocycles. The standard InChI is InChI=1S/C17H23ClN2O3/c1-11(19-16(23)12-5-7-13(18)8-6-12)15(22)20-14-4-3-9-17(14,2)10-21/h5-8,11,14,21H,3-4,9-10H2,1-2H3,(H,19,23)(H,20,22). The lowest BCUT2D eigenvalue weighted by atomic mass is 9.85. The van der Waals surface area contributed by atoms with E-state index in [1.807, 2.05) is 6.92 Å². The molecule has 5 nitrogen and oxygen atoms in total. The second-order valence-corrected chi connectivity index (χ2v) is 6.90. The van der Waals surface area contributed by atoms with E-state index < -0.39 is 6.04 Å². The van der Waals surface area contributed by atoms with E-state index in [0.29, 0.717) is 10.6 Å². The number of aliphatic hydroxyl groups is 1. The van der Waals surface area contributed by atoms with E-state index in [1.54, 1.807) is 31.2 Å². The predicted octanol–water partition coefficient (Wildman–Crippen LogP) is 2.13. The van der Waals surface area contributed by atoms with Crippen molar-refractivity contribution >= 4 is 23.4 Å². The van der Waals surface area contributed by atoms with Crippen molar-refractivity contribution in [2.75, 3.05) is 6.61 Å². The van der Waals surface area contributed by atoms with Crippen LogP contribution in [0.3, 0.4) is 0 Å². The van der Waals surface area contributed by atoms with Crippen molar-refractivity contribution in [2.24, 2.45) is 5.41 Å². The van der Waals surface area contributed by atoms with Crippen LogP contribution >= 0.6 is 11.6 Å². The Morgan fingerprint density at radius 3 is 2.65 bits per heavy atom. The zero-order chi connectivity index (χ0) is 17.0. The van der Waals surface area contributed by atoms with Crippen LogP contribution in [0.1, 0.15) is 43.5 Å². The Kier molecular flexibility index (Phi) is 5.65. The summed E-state index contributed by atoms with van der Waals surface area (Å²) in [6, 6.07) is 5.78. The summed E-state index contributed by atoms with van der Waals surface area (Å²) in [4.78, 5) is 24.4. The molecule has 1 aromatic carbocycles. The third-order valence-electron chi connectivity index (χ3n) is 4.61. The third-order valence-corrected chi connectivity index (χ3v) is 4.86. The first kappa shape index (κ1) is 17.8. The minimum absolute atomic E-state index is 0.0451. The molecule has 3 N–H and O–H groups in total. The molecule has 0 saturated heterocycles. The van der Waals surface area contributed by atoms with Crippen LogP contribution < -0.4 is 10.6 Å². The highest BCUT2D eigenvalue weighted by Crippen LogP contribution is 2.37. The van der Waals surface area contributed by atoms with Crippen LogP contribution in [0.2, 0.25) is 5.02 Å². The fourth-order valence-electron chi connectivity index (χ4n) is 2.91. The molecule has 23 heavy (non-hydrogen) atoms. The summed E-state index contributed by atoms with van der Waals surface area (Å²) in [6.07, 6.45) is 2.72. The number of aliphatic hydroxyl groups excluding tert-OH is 1. The molecule has 1 fully saturated rings. The molecular formula is C17H23ClN2O3. The summed E-state index contributed by atoms with van der Waals surface area (Å²) in [5.74, 6) is -0.556. The molecular weight excluding hydrogens is 316 g/mol. The van der Waals surface area contributed by atoms with Crippen LogP contribution in [0.5, 0.6) is 0 Å². The van der Waals surface area contributed by atoms with Crippen LogP contribution in [0.4, 0.5) is 0 Å². The van der Waals surface area contributed by atoms with E-state index in [2.05, 4.69) is 10.6 Å². The number of carbonyl (C=O) groups is 2. The van der Waals surface area contributed by atoms with Gasteiger partial charge in [-0.2, -0.15) is 0 Å². The molecule has 2 rings (SSSR count).